The number of halogens is 1. The third-order valence-corrected chi connectivity index (χ3v) is 2.07. The molecule has 1 heterocycles. The first-order valence-electron chi connectivity index (χ1n) is 4.43. The van der Waals surface area contributed by atoms with Crippen LogP contribution in [0.1, 0.15) is 31.7 Å². The van der Waals surface area contributed by atoms with Gasteiger partial charge in [0.05, 0.1) is 0 Å². The zero-order valence-electron chi connectivity index (χ0n) is 7.39. The lowest BCUT2D eigenvalue weighted by Gasteiger charge is -1.99. The van der Waals surface area contributed by atoms with Crippen LogP contribution in [0, 0.1) is 0 Å². The third-order valence-electron chi connectivity index (χ3n) is 1.86. The lowest BCUT2D eigenvalue weighted by Crippen LogP contribution is -1.86. The van der Waals surface area contributed by atoms with Gasteiger partial charge in [0.25, 0.3) is 0 Å². The molecule has 0 spiro atoms. The Morgan fingerprint density at radius 3 is 2.92 bits per heavy atom. The first kappa shape index (κ1) is 9.53. The number of aryl methyl sites for hydroxylation is 1. The second-order valence-corrected chi connectivity index (χ2v) is 3.33. The van der Waals surface area contributed by atoms with E-state index >= 15 is 0 Å². The average Bonchev–Trinajstić information content (AvgIpc) is 2.05. The van der Waals surface area contributed by atoms with Crippen molar-refractivity contribution in [1.29, 1.82) is 0 Å². The average molecular weight is 184 g/mol. The summed E-state index contributed by atoms with van der Waals surface area (Å²) in [5.74, 6) is 0. The standard InChI is InChI=1S/C10H14ClN/c1-2-3-4-5-9-6-7-12-10(11)8-9/h6-8H,2-5H2,1H3. The van der Waals surface area contributed by atoms with Gasteiger partial charge in [-0.25, -0.2) is 4.98 Å². The highest BCUT2D eigenvalue weighted by atomic mass is 35.5. The maximum absolute atomic E-state index is 5.75. The molecular formula is C10H14ClN. The maximum Gasteiger partial charge on any atom is 0.129 e. The van der Waals surface area contributed by atoms with Crippen LogP contribution >= 0.6 is 11.6 Å². The Balaban J connectivity index is 2.41. The fraction of sp³-hybridized carbons (Fsp3) is 0.500. The zero-order chi connectivity index (χ0) is 8.81. The molecule has 0 N–H and O–H groups in total. The van der Waals surface area contributed by atoms with Crippen LogP contribution in [0.15, 0.2) is 18.3 Å². The van der Waals surface area contributed by atoms with Crippen LogP contribution < -0.4 is 0 Å². The van der Waals surface area contributed by atoms with Crippen molar-refractivity contribution in [3.05, 3.63) is 29.0 Å². The zero-order valence-corrected chi connectivity index (χ0v) is 8.14. The van der Waals surface area contributed by atoms with E-state index in [1.54, 1.807) is 6.20 Å². The van der Waals surface area contributed by atoms with Crippen molar-refractivity contribution >= 4 is 11.6 Å². The Kier molecular flexibility index (Phi) is 4.09. The summed E-state index contributed by atoms with van der Waals surface area (Å²) < 4.78 is 0. The van der Waals surface area contributed by atoms with Gasteiger partial charge >= 0.3 is 0 Å². The summed E-state index contributed by atoms with van der Waals surface area (Å²) in [6.07, 6.45) is 6.69. The van der Waals surface area contributed by atoms with E-state index in [-0.39, 0.29) is 0 Å². The molecule has 0 atom stereocenters. The van der Waals surface area contributed by atoms with Crippen LogP contribution in [0.2, 0.25) is 5.15 Å². The van der Waals surface area contributed by atoms with Crippen LogP contribution in [-0.2, 0) is 6.42 Å². The first-order chi connectivity index (χ1) is 5.83. The predicted molar refractivity (Wildman–Crippen MR) is 52.5 cm³/mol. The van der Waals surface area contributed by atoms with E-state index in [0.717, 1.165) is 6.42 Å². The SMILES string of the molecule is CCCCCc1ccnc(Cl)c1. The highest BCUT2D eigenvalue weighted by Gasteiger charge is 1.94. The molecule has 0 aliphatic rings. The molecule has 0 saturated heterocycles. The second kappa shape index (κ2) is 5.15. The number of rotatable bonds is 4. The molecule has 2 heteroatoms. The van der Waals surface area contributed by atoms with E-state index in [0.29, 0.717) is 5.15 Å². The summed E-state index contributed by atoms with van der Waals surface area (Å²) in [4.78, 5) is 3.93. The summed E-state index contributed by atoms with van der Waals surface area (Å²) in [6, 6.07) is 3.97. The van der Waals surface area contributed by atoms with Crippen LogP contribution in [-0.4, -0.2) is 4.98 Å². The van der Waals surface area contributed by atoms with Crippen molar-refractivity contribution in [2.75, 3.05) is 0 Å². The first-order valence-corrected chi connectivity index (χ1v) is 4.81. The van der Waals surface area contributed by atoms with Gasteiger partial charge in [0, 0.05) is 6.20 Å². The van der Waals surface area contributed by atoms with E-state index in [1.807, 2.05) is 12.1 Å². The molecule has 0 radical (unpaired) electrons. The number of nitrogens with zero attached hydrogens (tertiary/aromatic N) is 1. The third kappa shape index (κ3) is 3.22. The molecule has 0 aliphatic carbocycles. The Bertz CT molecular complexity index is 235. The second-order valence-electron chi connectivity index (χ2n) is 2.94. The fourth-order valence-corrected chi connectivity index (χ4v) is 1.37. The van der Waals surface area contributed by atoms with Gasteiger partial charge in [-0.15, -0.1) is 0 Å². The molecule has 12 heavy (non-hydrogen) atoms. The Hall–Kier alpha value is -0.560. The normalized spacial score (nSPS) is 10.2. The van der Waals surface area contributed by atoms with Crippen molar-refractivity contribution in [2.24, 2.45) is 0 Å². The van der Waals surface area contributed by atoms with E-state index in [4.69, 9.17) is 11.6 Å². The van der Waals surface area contributed by atoms with E-state index in [9.17, 15) is 0 Å². The molecule has 0 amide bonds. The molecule has 1 rings (SSSR count). The van der Waals surface area contributed by atoms with Gasteiger partial charge in [0.15, 0.2) is 0 Å². The molecule has 1 aromatic heterocycles. The minimum atomic E-state index is 0.601. The van der Waals surface area contributed by atoms with Gasteiger partial charge < -0.3 is 0 Å². The summed E-state index contributed by atoms with van der Waals surface area (Å²) in [7, 11) is 0. The van der Waals surface area contributed by atoms with Crippen molar-refractivity contribution in [3.8, 4) is 0 Å². The predicted octanol–water partition coefficient (Wildman–Crippen LogP) is 3.47. The monoisotopic (exact) mass is 183 g/mol. The Morgan fingerprint density at radius 1 is 1.42 bits per heavy atom. The molecule has 0 fully saturated rings. The lowest BCUT2D eigenvalue weighted by atomic mass is 10.1. The molecule has 0 aromatic carbocycles. The van der Waals surface area contributed by atoms with Gasteiger partial charge in [0.1, 0.15) is 5.15 Å². The van der Waals surface area contributed by atoms with Gasteiger partial charge in [-0.3, -0.25) is 0 Å². The number of unbranched alkanes of at least 4 members (excludes halogenated alkanes) is 2. The molecule has 0 aliphatic heterocycles. The smallest absolute Gasteiger partial charge is 0.129 e. The van der Waals surface area contributed by atoms with Crippen molar-refractivity contribution in [2.45, 2.75) is 32.6 Å². The molecule has 0 unspecified atom stereocenters. The largest absolute Gasteiger partial charge is 0.245 e. The Labute approximate surface area is 78.8 Å². The van der Waals surface area contributed by atoms with E-state index in [2.05, 4.69) is 11.9 Å². The summed E-state index contributed by atoms with van der Waals surface area (Å²) in [5, 5.41) is 0.601. The molecule has 1 nitrogen and oxygen atoms in total. The lowest BCUT2D eigenvalue weighted by molar-refractivity contribution is 0.717. The van der Waals surface area contributed by atoms with Crippen molar-refractivity contribution in [3.63, 3.8) is 0 Å². The summed E-state index contributed by atoms with van der Waals surface area (Å²) >= 11 is 5.75. The molecule has 66 valence electrons. The quantitative estimate of drug-likeness (QED) is 0.515. The molecule has 0 saturated carbocycles. The highest BCUT2D eigenvalue weighted by Crippen LogP contribution is 2.10. The molecular weight excluding hydrogens is 170 g/mol. The Morgan fingerprint density at radius 2 is 2.25 bits per heavy atom. The minimum absolute atomic E-state index is 0.601. The number of pyridine rings is 1. The fourth-order valence-electron chi connectivity index (χ4n) is 1.18. The van der Waals surface area contributed by atoms with Gasteiger partial charge in [-0.2, -0.15) is 0 Å². The van der Waals surface area contributed by atoms with Gasteiger partial charge in [-0.1, -0.05) is 31.4 Å². The van der Waals surface area contributed by atoms with Crippen LogP contribution in [0.3, 0.4) is 0 Å². The molecule has 0 bridgehead atoms. The van der Waals surface area contributed by atoms with E-state index in [1.165, 1.54) is 24.8 Å². The topological polar surface area (TPSA) is 12.9 Å². The highest BCUT2D eigenvalue weighted by molar-refractivity contribution is 6.29. The number of aromatic nitrogens is 1. The number of hydrogen-bond acceptors (Lipinski definition) is 1. The summed E-state index contributed by atoms with van der Waals surface area (Å²) in [6.45, 7) is 2.21. The minimum Gasteiger partial charge on any atom is -0.245 e. The summed E-state index contributed by atoms with van der Waals surface area (Å²) in [5.41, 5.74) is 1.29. The maximum atomic E-state index is 5.75. The number of hydrogen-bond donors (Lipinski definition) is 0. The van der Waals surface area contributed by atoms with Crippen molar-refractivity contribution < 1.29 is 0 Å². The van der Waals surface area contributed by atoms with Crippen molar-refractivity contribution in [1.82, 2.24) is 4.98 Å². The van der Waals surface area contributed by atoms with Crippen LogP contribution in [0.5, 0.6) is 0 Å². The van der Waals surface area contributed by atoms with Gasteiger partial charge in [-0.05, 0) is 30.5 Å². The van der Waals surface area contributed by atoms with Crippen LogP contribution in [0.4, 0.5) is 0 Å². The van der Waals surface area contributed by atoms with Gasteiger partial charge in [0.2, 0.25) is 0 Å². The van der Waals surface area contributed by atoms with Crippen LogP contribution in [0.25, 0.3) is 0 Å². The van der Waals surface area contributed by atoms with E-state index < -0.39 is 0 Å². The molecule has 1 aromatic rings.